The monoisotopic (exact) mass is 384 g/mol. The number of ether oxygens (including phenoxy) is 1. The molecular formula is C17H25FN4O3S. The molecule has 0 saturated carbocycles. The second-order valence-electron chi connectivity index (χ2n) is 6.92. The molecule has 0 bridgehead atoms. The molecule has 7 nitrogen and oxygen atoms in total. The van der Waals surface area contributed by atoms with Gasteiger partial charge in [0.05, 0.1) is 15.5 Å². The summed E-state index contributed by atoms with van der Waals surface area (Å²) in [4.78, 5) is 16.2. The van der Waals surface area contributed by atoms with Crippen molar-refractivity contribution in [2.75, 3.05) is 31.8 Å². The van der Waals surface area contributed by atoms with Crippen molar-refractivity contribution in [3.05, 3.63) is 29.6 Å². The first-order valence-corrected chi connectivity index (χ1v) is 9.74. The van der Waals surface area contributed by atoms with Crippen molar-refractivity contribution in [1.29, 1.82) is 0 Å². The molecule has 1 aliphatic heterocycles. The van der Waals surface area contributed by atoms with Crippen molar-refractivity contribution < 1.29 is 18.1 Å². The van der Waals surface area contributed by atoms with Gasteiger partial charge in [0.1, 0.15) is 28.5 Å². The van der Waals surface area contributed by atoms with E-state index < -0.39 is 25.8 Å². The minimum Gasteiger partial charge on any atom is -0.386 e. The summed E-state index contributed by atoms with van der Waals surface area (Å²) >= 11 is 0. The molecule has 9 heteroatoms. The Morgan fingerprint density at radius 3 is 2.69 bits per heavy atom. The van der Waals surface area contributed by atoms with Crippen LogP contribution in [0.3, 0.4) is 0 Å². The molecule has 1 aromatic carbocycles. The standard InChI is InChI=1S/C17H25FN4O3S/c1-16(2)15(19)22-17(3,10-26(16,24)20-4)12-8-11(6-7-13(12)18)21-14(23)9-25-5/h6-8H,9-10H2,1-5H3,(H2,19,22)(H,21,23)/t17-,26?/m0/s1. The molecule has 1 unspecified atom stereocenters. The molecular weight excluding hydrogens is 359 g/mol. The number of methoxy groups -OCH3 is 1. The topological polar surface area (TPSA) is 106 Å². The van der Waals surface area contributed by atoms with E-state index in [1.54, 1.807) is 20.8 Å². The third-order valence-electron chi connectivity index (χ3n) is 4.66. The quantitative estimate of drug-likeness (QED) is 0.826. The average molecular weight is 384 g/mol. The molecule has 144 valence electrons. The molecule has 2 atom stereocenters. The first kappa shape index (κ1) is 20.3. The maximum atomic E-state index is 14.6. The number of amidine groups is 1. The van der Waals surface area contributed by atoms with E-state index in [0.29, 0.717) is 5.69 Å². The van der Waals surface area contributed by atoms with E-state index in [0.717, 1.165) is 0 Å². The Labute approximate surface area is 153 Å². The Hall–Kier alpha value is -2.00. The van der Waals surface area contributed by atoms with Gasteiger partial charge in [0.2, 0.25) is 5.91 Å². The molecule has 0 saturated heterocycles. The van der Waals surface area contributed by atoms with Gasteiger partial charge in [-0.05, 0) is 39.0 Å². The fourth-order valence-corrected chi connectivity index (χ4v) is 5.23. The fourth-order valence-electron chi connectivity index (χ4n) is 2.93. The van der Waals surface area contributed by atoms with E-state index in [9.17, 15) is 13.4 Å². The lowest BCUT2D eigenvalue weighted by Gasteiger charge is -2.40. The van der Waals surface area contributed by atoms with Crippen LogP contribution in [0.2, 0.25) is 0 Å². The van der Waals surface area contributed by atoms with Crippen LogP contribution in [0, 0.1) is 5.82 Å². The van der Waals surface area contributed by atoms with Crippen LogP contribution in [0.25, 0.3) is 0 Å². The Balaban J connectivity index is 2.55. The highest BCUT2D eigenvalue weighted by atomic mass is 32.2. The van der Waals surface area contributed by atoms with Gasteiger partial charge < -0.3 is 15.8 Å². The molecule has 0 aromatic heterocycles. The number of carbonyl (C=O) groups excluding carboxylic acids is 1. The minimum atomic E-state index is -2.78. The maximum Gasteiger partial charge on any atom is 0.250 e. The molecule has 1 aromatic rings. The average Bonchev–Trinajstić information content (AvgIpc) is 2.55. The molecule has 0 radical (unpaired) electrons. The van der Waals surface area contributed by atoms with Crippen LogP contribution < -0.4 is 11.1 Å². The van der Waals surface area contributed by atoms with Crippen LogP contribution in [0.15, 0.2) is 27.6 Å². The lowest BCUT2D eigenvalue weighted by Crippen LogP contribution is -2.54. The van der Waals surface area contributed by atoms with E-state index in [1.165, 1.54) is 32.4 Å². The molecule has 0 spiro atoms. The van der Waals surface area contributed by atoms with Crippen LogP contribution in [0.1, 0.15) is 26.3 Å². The summed E-state index contributed by atoms with van der Waals surface area (Å²) in [6.45, 7) is 4.99. The maximum absolute atomic E-state index is 14.6. The zero-order valence-electron chi connectivity index (χ0n) is 15.6. The molecule has 3 N–H and O–H groups in total. The lowest BCUT2D eigenvalue weighted by molar-refractivity contribution is -0.119. The number of nitrogens with one attached hydrogen (secondary N) is 1. The Morgan fingerprint density at radius 1 is 1.46 bits per heavy atom. The van der Waals surface area contributed by atoms with E-state index in [1.807, 2.05) is 0 Å². The molecule has 1 heterocycles. The zero-order valence-corrected chi connectivity index (χ0v) is 16.4. The Morgan fingerprint density at radius 2 is 2.12 bits per heavy atom. The van der Waals surface area contributed by atoms with Crippen LogP contribution in [-0.2, 0) is 24.8 Å². The number of amides is 1. The first-order valence-electron chi connectivity index (χ1n) is 8.06. The summed E-state index contributed by atoms with van der Waals surface area (Å²) in [6.07, 6.45) is 0. The van der Waals surface area contributed by atoms with Gasteiger partial charge in [-0.3, -0.25) is 9.79 Å². The molecule has 1 amide bonds. The molecule has 0 fully saturated rings. The smallest absolute Gasteiger partial charge is 0.250 e. The van der Waals surface area contributed by atoms with E-state index in [-0.39, 0.29) is 29.7 Å². The predicted molar refractivity (Wildman–Crippen MR) is 101 cm³/mol. The number of hydrogen-bond donors (Lipinski definition) is 2. The Kier molecular flexibility index (Phi) is 5.44. The highest BCUT2D eigenvalue weighted by Gasteiger charge is 2.47. The SMILES string of the molecule is CN=S1(=O)C[C@@](C)(c2cc(NC(=O)COC)ccc2F)N=C(N)C1(C)C. The van der Waals surface area contributed by atoms with Gasteiger partial charge in [0.15, 0.2) is 0 Å². The second kappa shape index (κ2) is 6.96. The number of nitrogens with zero attached hydrogens (tertiary/aromatic N) is 2. The van der Waals surface area contributed by atoms with E-state index >= 15 is 0 Å². The largest absolute Gasteiger partial charge is 0.386 e. The fraction of sp³-hybridized carbons (Fsp3) is 0.529. The Bertz CT molecular complexity index is 875. The van der Waals surface area contributed by atoms with Crippen molar-refractivity contribution in [3.8, 4) is 0 Å². The van der Waals surface area contributed by atoms with Crippen molar-refractivity contribution in [1.82, 2.24) is 0 Å². The number of halogens is 1. The third kappa shape index (κ3) is 3.45. The van der Waals surface area contributed by atoms with Gasteiger partial charge in [-0.2, -0.15) is 0 Å². The zero-order chi connectivity index (χ0) is 19.8. The van der Waals surface area contributed by atoms with Crippen molar-refractivity contribution >= 4 is 27.2 Å². The summed E-state index contributed by atoms with van der Waals surface area (Å²) in [7, 11) is 0.101. The highest BCUT2D eigenvalue weighted by molar-refractivity contribution is 7.95. The first-order chi connectivity index (χ1) is 12.0. The van der Waals surface area contributed by atoms with Gasteiger partial charge in [-0.1, -0.05) is 0 Å². The third-order valence-corrected chi connectivity index (χ3v) is 8.01. The number of benzene rings is 1. The van der Waals surface area contributed by atoms with Crippen LogP contribution in [-0.4, -0.2) is 47.2 Å². The van der Waals surface area contributed by atoms with Gasteiger partial charge in [-0.15, -0.1) is 0 Å². The summed E-state index contributed by atoms with van der Waals surface area (Å²) in [5.41, 5.74) is 5.51. The minimum absolute atomic E-state index is 0.0244. The predicted octanol–water partition coefficient (Wildman–Crippen LogP) is 1.87. The number of rotatable bonds is 4. The molecule has 1 aliphatic rings. The van der Waals surface area contributed by atoms with Crippen molar-refractivity contribution in [3.63, 3.8) is 0 Å². The van der Waals surface area contributed by atoms with Gasteiger partial charge in [0, 0.05) is 25.4 Å². The lowest BCUT2D eigenvalue weighted by atomic mass is 9.92. The summed E-state index contributed by atoms with van der Waals surface area (Å²) in [5.74, 6) is -0.701. The van der Waals surface area contributed by atoms with Crippen LogP contribution in [0.4, 0.5) is 10.1 Å². The van der Waals surface area contributed by atoms with Crippen LogP contribution in [0.5, 0.6) is 0 Å². The second-order valence-corrected chi connectivity index (χ2v) is 9.88. The van der Waals surface area contributed by atoms with Gasteiger partial charge in [0.25, 0.3) is 0 Å². The number of carbonyl (C=O) groups is 1. The normalized spacial score (nSPS) is 27.5. The van der Waals surface area contributed by atoms with E-state index in [4.69, 9.17) is 10.5 Å². The van der Waals surface area contributed by atoms with Gasteiger partial charge >= 0.3 is 0 Å². The summed E-state index contributed by atoms with van der Waals surface area (Å²) in [6, 6.07) is 4.16. The molecule has 2 rings (SSSR count). The number of aliphatic imine (C=N–C) groups is 1. The summed E-state index contributed by atoms with van der Waals surface area (Å²) < 4.78 is 35.9. The van der Waals surface area contributed by atoms with E-state index in [2.05, 4.69) is 14.7 Å². The highest BCUT2D eigenvalue weighted by Crippen LogP contribution is 2.39. The number of anilines is 1. The van der Waals surface area contributed by atoms with Crippen LogP contribution >= 0.6 is 0 Å². The van der Waals surface area contributed by atoms with Crippen molar-refractivity contribution in [2.24, 2.45) is 15.1 Å². The number of hydrogen-bond acceptors (Lipinski definition) is 6. The molecule has 0 aliphatic carbocycles. The van der Waals surface area contributed by atoms with Crippen molar-refractivity contribution in [2.45, 2.75) is 31.1 Å². The summed E-state index contributed by atoms with van der Waals surface area (Å²) in [5, 5.41) is 2.62. The number of nitrogens with two attached hydrogens (primary N) is 1. The van der Waals surface area contributed by atoms with Gasteiger partial charge in [-0.25, -0.2) is 13.0 Å². The molecule has 26 heavy (non-hydrogen) atoms.